The zero-order valence-electron chi connectivity index (χ0n) is 13.0. The Bertz CT molecular complexity index is 991. The second-order valence-corrected chi connectivity index (χ2v) is 6.32. The highest BCUT2D eigenvalue weighted by Gasteiger charge is 2.15. The summed E-state index contributed by atoms with van der Waals surface area (Å²) in [7, 11) is 0. The lowest BCUT2D eigenvalue weighted by molar-refractivity contribution is 0.0948. The minimum absolute atomic E-state index is 0.102. The molecule has 128 valence electrons. The van der Waals surface area contributed by atoms with E-state index >= 15 is 0 Å². The topological polar surface area (TPSA) is 84.0 Å². The van der Waals surface area contributed by atoms with Gasteiger partial charge in [-0.3, -0.25) is 14.2 Å². The summed E-state index contributed by atoms with van der Waals surface area (Å²) < 4.78 is 13.9. The van der Waals surface area contributed by atoms with Crippen LogP contribution in [0.5, 0.6) is 0 Å². The fourth-order valence-electron chi connectivity index (χ4n) is 2.26. The lowest BCUT2D eigenvalue weighted by Crippen LogP contribution is -2.40. The third-order valence-corrected chi connectivity index (χ3v) is 4.43. The van der Waals surface area contributed by atoms with Gasteiger partial charge in [-0.2, -0.15) is 0 Å². The molecule has 1 amide bonds. The first-order valence-electron chi connectivity index (χ1n) is 7.42. The molecule has 0 spiro atoms. The number of nitrogens with one attached hydrogen (secondary N) is 2. The van der Waals surface area contributed by atoms with Crippen LogP contribution in [-0.4, -0.2) is 15.5 Å². The maximum atomic E-state index is 12.9. The molecule has 0 bridgehead atoms. The van der Waals surface area contributed by atoms with E-state index in [0.717, 1.165) is 15.6 Å². The number of hydrogen-bond acceptors (Lipinski definition) is 4. The van der Waals surface area contributed by atoms with Crippen LogP contribution < -0.4 is 16.6 Å². The fourth-order valence-corrected chi connectivity index (χ4v) is 2.95. The molecule has 0 saturated carbocycles. The molecule has 0 radical (unpaired) electrons. The van der Waals surface area contributed by atoms with Gasteiger partial charge in [0.1, 0.15) is 11.4 Å². The van der Waals surface area contributed by atoms with Crippen LogP contribution in [0.2, 0.25) is 0 Å². The van der Waals surface area contributed by atoms with Crippen LogP contribution in [-0.2, 0) is 13.1 Å². The average Bonchev–Trinajstić information content (AvgIpc) is 3.11. The Morgan fingerprint density at radius 1 is 1.20 bits per heavy atom. The summed E-state index contributed by atoms with van der Waals surface area (Å²) >= 11 is 1.41. The number of amides is 1. The number of hydrogen-bond donors (Lipinski definition) is 2. The van der Waals surface area contributed by atoms with Gasteiger partial charge in [0.25, 0.3) is 11.5 Å². The lowest BCUT2D eigenvalue weighted by Gasteiger charge is -2.07. The quantitative estimate of drug-likeness (QED) is 0.727. The van der Waals surface area contributed by atoms with Crippen LogP contribution >= 0.6 is 11.3 Å². The van der Waals surface area contributed by atoms with Crippen molar-refractivity contribution >= 4 is 17.2 Å². The Labute approximate surface area is 145 Å². The van der Waals surface area contributed by atoms with Crippen molar-refractivity contribution < 1.29 is 9.18 Å². The van der Waals surface area contributed by atoms with Gasteiger partial charge in [0.15, 0.2) is 0 Å². The summed E-state index contributed by atoms with van der Waals surface area (Å²) in [6, 6.07) is 9.27. The second kappa shape index (κ2) is 7.27. The molecule has 0 aliphatic rings. The maximum absolute atomic E-state index is 12.9. The monoisotopic (exact) mass is 359 g/mol. The van der Waals surface area contributed by atoms with Gasteiger partial charge < -0.3 is 10.3 Å². The number of thiophene rings is 1. The number of H-pyrrole nitrogens is 1. The highest BCUT2D eigenvalue weighted by molar-refractivity contribution is 7.09. The number of rotatable bonds is 5. The zero-order valence-corrected chi connectivity index (χ0v) is 13.8. The van der Waals surface area contributed by atoms with Crippen LogP contribution in [0.15, 0.2) is 57.6 Å². The molecule has 2 N–H and O–H groups in total. The van der Waals surface area contributed by atoms with E-state index in [0.29, 0.717) is 5.56 Å². The number of carbonyl (C=O) groups excluding carboxylic acids is 1. The normalized spacial score (nSPS) is 10.6. The molecule has 3 aromatic rings. The lowest BCUT2D eigenvalue weighted by atomic mass is 10.2. The largest absolute Gasteiger partial charge is 0.348 e. The summed E-state index contributed by atoms with van der Waals surface area (Å²) in [4.78, 5) is 39.8. The van der Waals surface area contributed by atoms with E-state index in [1.54, 1.807) is 6.07 Å². The number of carbonyl (C=O) groups is 1. The van der Waals surface area contributed by atoms with E-state index in [1.165, 1.54) is 35.6 Å². The summed E-state index contributed by atoms with van der Waals surface area (Å²) in [5.41, 5.74) is -0.696. The molecule has 6 nitrogen and oxygen atoms in total. The minimum Gasteiger partial charge on any atom is -0.348 e. The molecule has 8 heteroatoms. The first-order valence-corrected chi connectivity index (χ1v) is 8.30. The van der Waals surface area contributed by atoms with Gasteiger partial charge in [0.05, 0.1) is 6.54 Å². The van der Waals surface area contributed by atoms with Crippen molar-refractivity contribution in [3.63, 3.8) is 0 Å². The Kier molecular flexibility index (Phi) is 4.90. The second-order valence-electron chi connectivity index (χ2n) is 5.29. The third kappa shape index (κ3) is 3.92. The van der Waals surface area contributed by atoms with Crippen LogP contribution in [0.1, 0.15) is 20.8 Å². The molecule has 0 unspecified atom stereocenters. The van der Waals surface area contributed by atoms with E-state index in [2.05, 4.69) is 10.3 Å². The van der Waals surface area contributed by atoms with Gasteiger partial charge in [-0.1, -0.05) is 18.2 Å². The van der Waals surface area contributed by atoms with Crippen molar-refractivity contribution in [2.24, 2.45) is 0 Å². The summed E-state index contributed by atoms with van der Waals surface area (Å²) in [6.07, 6.45) is 1.11. The Hall–Kier alpha value is -3.00. The molecule has 0 fully saturated rings. The molecule has 0 atom stereocenters. The molecule has 25 heavy (non-hydrogen) atoms. The molecule has 0 saturated heterocycles. The number of aromatic amines is 1. The number of aromatic nitrogens is 2. The smallest absolute Gasteiger partial charge is 0.328 e. The molecule has 2 aromatic heterocycles. The van der Waals surface area contributed by atoms with Gasteiger partial charge >= 0.3 is 5.69 Å². The number of benzene rings is 1. The maximum Gasteiger partial charge on any atom is 0.328 e. The highest BCUT2D eigenvalue weighted by Crippen LogP contribution is 2.08. The van der Waals surface area contributed by atoms with E-state index in [-0.39, 0.29) is 24.5 Å². The van der Waals surface area contributed by atoms with Gasteiger partial charge in [0.2, 0.25) is 0 Å². The van der Waals surface area contributed by atoms with Crippen LogP contribution in [0.4, 0.5) is 4.39 Å². The van der Waals surface area contributed by atoms with E-state index in [1.807, 2.05) is 11.4 Å². The molecule has 0 aliphatic heterocycles. The van der Waals surface area contributed by atoms with Crippen molar-refractivity contribution in [2.75, 3.05) is 0 Å². The fraction of sp³-hybridized carbons (Fsp3) is 0.118. The van der Waals surface area contributed by atoms with Gasteiger partial charge in [-0.05, 0) is 29.1 Å². The van der Waals surface area contributed by atoms with Gasteiger partial charge in [-0.15, -0.1) is 11.3 Å². The van der Waals surface area contributed by atoms with E-state index in [9.17, 15) is 18.8 Å². The standard InChI is InChI=1S/C17H14FN3O3S/c18-12-5-3-11(4-6-12)8-19-15(22)14-9-20-17(24)21(16(14)23)10-13-2-1-7-25-13/h1-7,9H,8,10H2,(H,19,22)(H,20,24). The van der Waals surface area contributed by atoms with Crippen molar-refractivity contribution in [3.05, 3.63) is 90.6 Å². The first-order chi connectivity index (χ1) is 12.0. The Morgan fingerprint density at radius 3 is 2.64 bits per heavy atom. The van der Waals surface area contributed by atoms with Crippen molar-refractivity contribution in [3.8, 4) is 0 Å². The first kappa shape index (κ1) is 16.8. The van der Waals surface area contributed by atoms with Gasteiger partial charge in [-0.25, -0.2) is 9.18 Å². The van der Waals surface area contributed by atoms with E-state index in [4.69, 9.17) is 0 Å². The molecule has 2 heterocycles. The molecule has 1 aromatic carbocycles. The van der Waals surface area contributed by atoms with Crippen molar-refractivity contribution in [2.45, 2.75) is 13.1 Å². The summed E-state index contributed by atoms with van der Waals surface area (Å²) in [5, 5.41) is 4.43. The zero-order chi connectivity index (χ0) is 17.8. The molecule has 0 aliphatic carbocycles. The average molecular weight is 359 g/mol. The Morgan fingerprint density at radius 2 is 1.96 bits per heavy atom. The summed E-state index contributed by atoms with van der Waals surface area (Å²) in [5.74, 6) is -0.974. The molecular weight excluding hydrogens is 345 g/mol. The predicted octanol–water partition coefficient (Wildman–Crippen LogP) is 1.72. The highest BCUT2D eigenvalue weighted by atomic mass is 32.1. The third-order valence-electron chi connectivity index (χ3n) is 3.57. The summed E-state index contributed by atoms with van der Waals surface area (Å²) in [6.45, 7) is 0.244. The predicted molar refractivity (Wildman–Crippen MR) is 92.3 cm³/mol. The van der Waals surface area contributed by atoms with Crippen molar-refractivity contribution in [1.82, 2.24) is 14.9 Å². The van der Waals surface area contributed by atoms with E-state index < -0.39 is 17.2 Å². The number of halogens is 1. The molecule has 3 rings (SSSR count). The number of nitrogens with zero attached hydrogens (tertiary/aromatic N) is 1. The van der Waals surface area contributed by atoms with Gasteiger partial charge in [0, 0.05) is 17.6 Å². The van der Waals surface area contributed by atoms with Crippen LogP contribution in [0.25, 0.3) is 0 Å². The van der Waals surface area contributed by atoms with Crippen molar-refractivity contribution in [1.29, 1.82) is 0 Å². The van der Waals surface area contributed by atoms with Crippen LogP contribution in [0.3, 0.4) is 0 Å². The SMILES string of the molecule is O=C(NCc1ccc(F)cc1)c1c[nH]c(=O)n(Cc2cccs2)c1=O. The molecular formula is C17H14FN3O3S. The Balaban J connectivity index is 1.79. The van der Waals surface area contributed by atoms with Crippen LogP contribution in [0, 0.1) is 5.82 Å². The minimum atomic E-state index is -0.659.